The summed E-state index contributed by atoms with van der Waals surface area (Å²) in [7, 11) is 1.30. The Morgan fingerprint density at radius 1 is 1.67 bits per heavy atom. The second-order valence-corrected chi connectivity index (χ2v) is 2.11. The predicted octanol–water partition coefficient (Wildman–Crippen LogP) is 2.00. The molecule has 1 nitrogen and oxygen atoms in total. The molecule has 0 aromatic carbocycles. The average molecular weight is 154 g/mol. The third-order valence-electron chi connectivity index (χ3n) is 0.608. The lowest BCUT2D eigenvalue weighted by Crippen LogP contribution is -2.10. The smallest absolute Gasteiger partial charge is 0.313 e. The Morgan fingerprint density at radius 3 is 2.56 bits per heavy atom. The minimum absolute atomic E-state index is 0.0486. The number of rotatable bonds is 3. The minimum atomic E-state index is -3.08. The van der Waals surface area contributed by atoms with Gasteiger partial charge in [0.2, 0.25) is 0 Å². The summed E-state index contributed by atoms with van der Waals surface area (Å²) >= 11 is 0. The van der Waals surface area contributed by atoms with Crippen molar-refractivity contribution in [1.29, 1.82) is 0 Å². The molecule has 0 heterocycles. The van der Waals surface area contributed by atoms with Gasteiger partial charge < -0.3 is 4.74 Å². The van der Waals surface area contributed by atoms with Crippen LogP contribution in [0.2, 0.25) is 0 Å². The lowest BCUT2D eigenvalue weighted by atomic mass is 10.6. The van der Waals surface area contributed by atoms with Gasteiger partial charge in [0.05, 0.1) is 6.61 Å². The van der Waals surface area contributed by atoms with Crippen LogP contribution in [0.4, 0.5) is 8.78 Å². The monoisotopic (exact) mass is 154 g/mol. The normalized spacial score (nSPS) is 12.9. The fourth-order valence-electron chi connectivity index (χ4n) is 0.255. The standard InChI is InChI=1S/C5H9F2OP/c1-2-3-4-8-5(6,7)9/h2-3H,4,9H2,1H3/b3-2-. The first-order valence-corrected chi connectivity index (χ1v) is 3.06. The van der Waals surface area contributed by atoms with Gasteiger partial charge in [0.15, 0.2) is 0 Å². The third-order valence-corrected chi connectivity index (χ3v) is 0.774. The van der Waals surface area contributed by atoms with E-state index in [9.17, 15) is 8.78 Å². The average Bonchev–Trinajstić information content (AvgIpc) is 1.63. The van der Waals surface area contributed by atoms with Crippen molar-refractivity contribution in [2.24, 2.45) is 0 Å². The van der Waals surface area contributed by atoms with Crippen molar-refractivity contribution in [3.05, 3.63) is 12.2 Å². The van der Waals surface area contributed by atoms with Crippen LogP contribution in [0.15, 0.2) is 12.2 Å². The molecule has 0 bridgehead atoms. The van der Waals surface area contributed by atoms with E-state index in [0.717, 1.165) is 0 Å². The molecule has 54 valence electrons. The molecule has 0 aromatic heterocycles. The fourth-order valence-corrected chi connectivity index (χ4v) is 0.352. The van der Waals surface area contributed by atoms with Crippen LogP contribution in [0.25, 0.3) is 0 Å². The van der Waals surface area contributed by atoms with E-state index in [1.165, 1.54) is 15.3 Å². The molecule has 4 heteroatoms. The first-order chi connectivity index (χ1) is 4.06. The zero-order valence-corrected chi connectivity index (χ0v) is 6.26. The molecule has 0 N–H and O–H groups in total. The van der Waals surface area contributed by atoms with Crippen molar-refractivity contribution in [2.75, 3.05) is 6.61 Å². The molecule has 1 atom stereocenters. The molecule has 0 saturated carbocycles. The first-order valence-electron chi connectivity index (χ1n) is 2.48. The predicted molar refractivity (Wildman–Crippen MR) is 35.4 cm³/mol. The zero-order chi connectivity index (χ0) is 7.33. The summed E-state index contributed by atoms with van der Waals surface area (Å²) in [5.74, 6) is -3.08. The maximum absolute atomic E-state index is 11.8. The van der Waals surface area contributed by atoms with Crippen LogP contribution in [-0.2, 0) is 4.74 Å². The van der Waals surface area contributed by atoms with E-state index in [1.54, 1.807) is 13.0 Å². The highest BCUT2D eigenvalue weighted by atomic mass is 31.0. The summed E-state index contributed by atoms with van der Waals surface area (Å²) in [6, 6.07) is 0. The number of allylic oxidation sites excluding steroid dienone is 1. The van der Waals surface area contributed by atoms with Gasteiger partial charge in [0, 0.05) is 0 Å². The van der Waals surface area contributed by atoms with Gasteiger partial charge in [0.1, 0.15) is 0 Å². The molecular formula is C5H9F2OP. The molecule has 0 amide bonds. The summed E-state index contributed by atoms with van der Waals surface area (Å²) < 4.78 is 27.5. The van der Waals surface area contributed by atoms with E-state index >= 15 is 0 Å². The van der Waals surface area contributed by atoms with Crippen molar-refractivity contribution in [3.8, 4) is 0 Å². The number of hydrogen-bond donors (Lipinski definition) is 0. The van der Waals surface area contributed by atoms with Crippen LogP contribution in [0.3, 0.4) is 0 Å². The maximum Gasteiger partial charge on any atom is 0.367 e. The maximum atomic E-state index is 11.8. The first kappa shape index (κ1) is 8.99. The summed E-state index contributed by atoms with van der Waals surface area (Å²) in [5, 5.41) is 0. The van der Waals surface area contributed by atoms with Gasteiger partial charge >= 0.3 is 5.85 Å². The molecule has 0 aliphatic rings. The Labute approximate surface area is 55.3 Å². The van der Waals surface area contributed by atoms with Crippen LogP contribution < -0.4 is 0 Å². The summed E-state index contributed by atoms with van der Waals surface area (Å²) in [4.78, 5) is 0. The number of alkyl halides is 2. The zero-order valence-electron chi connectivity index (χ0n) is 5.10. The Balaban J connectivity index is 3.28. The lowest BCUT2D eigenvalue weighted by molar-refractivity contribution is -0.154. The van der Waals surface area contributed by atoms with Gasteiger partial charge in [0.25, 0.3) is 0 Å². The second kappa shape index (κ2) is 3.91. The number of ether oxygens (including phenoxy) is 1. The van der Waals surface area contributed by atoms with E-state index in [0.29, 0.717) is 0 Å². The summed E-state index contributed by atoms with van der Waals surface area (Å²) in [6.45, 7) is 1.69. The minimum Gasteiger partial charge on any atom is -0.313 e. The van der Waals surface area contributed by atoms with Crippen molar-refractivity contribution >= 4 is 9.24 Å². The van der Waals surface area contributed by atoms with Gasteiger partial charge in [-0.25, -0.2) is 0 Å². The molecule has 0 aliphatic heterocycles. The van der Waals surface area contributed by atoms with E-state index < -0.39 is 5.85 Å². The van der Waals surface area contributed by atoms with Crippen LogP contribution in [0.1, 0.15) is 6.92 Å². The number of halogens is 2. The quantitative estimate of drug-likeness (QED) is 0.446. The van der Waals surface area contributed by atoms with Crippen molar-refractivity contribution in [2.45, 2.75) is 12.8 Å². The summed E-state index contributed by atoms with van der Waals surface area (Å²) in [6.07, 6.45) is 3.16. The molecule has 0 fully saturated rings. The second-order valence-electron chi connectivity index (χ2n) is 1.44. The SMILES string of the molecule is C/C=C\COC(F)(F)P. The highest BCUT2D eigenvalue weighted by Gasteiger charge is 2.20. The number of hydrogen-bond acceptors (Lipinski definition) is 1. The molecule has 0 aliphatic carbocycles. The van der Waals surface area contributed by atoms with Gasteiger partial charge in [-0.2, -0.15) is 8.78 Å². The van der Waals surface area contributed by atoms with E-state index in [-0.39, 0.29) is 6.61 Å². The van der Waals surface area contributed by atoms with Gasteiger partial charge in [-0.3, -0.25) is 0 Å². The largest absolute Gasteiger partial charge is 0.367 e. The lowest BCUT2D eigenvalue weighted by Gasteiger charge is -2.07. The molecule has 0 radical (unpaired) electrons. The Hall–Kier alpha value is -0.0100. The molecule has 0 saturated heterocycles. The third kappa shape index (κ3) is 7.99. The Morgan fingerprint density at radius 2 is 2.22 bits per heavy atom. The van der Waals surface area contributed by atoms with E-state index in [4.69, 9.17) is 0 Å². The van der Waals surface area contributed by atoms with Gasteiger partial charge in [-0.1, -0.05) is 12.2 Å². The molecule has 9 heavy (non-hydrogen) atoms. The molecule has 1 unspecified atom stereocenters. The van der Waals surface area contributed by atoms with Crippen molar-refractivity contribution < 1.29 is 13.5 Å². The molecular weight excluding hydrogens is 145 g/mol. The molecule has 0 rings (SSSR count). The Kier molecular flexibility index (Phi) is 3.91. The van der Waals surface area contributed by atoms with E-state index in [2.05, 4.69) is 4.74 Å². The highest BCUT2D eigenvalue weighted by Crippen LogP contribution is 2.22. The van der Waals surface area contributed by atoms with E-state index in [1.807, 2.05) is 0 Å². The van der Waals surface area contributed by atoms with Crippen LogP contribution in [0.5, 0.6) is 0 Å². The fraction of sp³-hybridized carbons (Fsp3) is 0.600. The van der Waals surface area contributed by atoms with Gasteiger partial charge in [-0.05, 0) is 16.2 Å². The Bertz CT molecular complexity index is 97.6. The highest BCUT2D eigenvalue weighted by molar-refractivity contribution is 7.17. The van der Waals surface area contributed by atoms with Crippen LogP contribution in [0, 0.1) is 0 Å². The van der Waals surface area contributed by atoms with Crippen LogP contribution in [-0.4, -0.2) is 12.5 Å². The van der Waals surface area contributed by atoms with Gasteiger partial charge in [-0.15, -0.1) is 0 Å². The molecule has 0 spiro atoms. The topological polar surface area (TPSA) is 9.23 Å². The summed E-state index contributed by atoms with van der Waals surface area (Å²) in [5.41, 5.74) is 0. The molecule has 0 aromatic rings. The van der Waals surface area contributed by atoms with Crippen molar-refractivity contribution in [3.63, 3.8) is 0 Å². The van der Waals surface area contributed by atoms with Crippen LogP contribution >= 0.6 is 9.24 Å². The van der Waals surface area contributed by atoms with Crippen molar-refractivity contribution in [1.82, 2.24) is 0 Å².